The summed E-state index contributed by atoms with van der Waals surface area (Å²) in [5.74, 6) is 1.79. The van der Waals surface area contributed by atoms with E-state index in [-0.39, 0.29) is 0 Å². The van der Waals surface area contributed by atoms with Crippen molar-refractivity contribution in [1.82, 2.24) is 25.5 Å². The van der Waals surface area contributed by atoms with Crippen LogP contribution in [0, 0.1) is 0 Å². The molecule has 0 atom stereocenters. The largest absolute Gasteiger partial charge is 0.356 e. The Bertz CT molecular complexity index is 492. The van der Waals surface area contributed by atoms with Crippen LogP contribution in [0.4, 0.5) is 5.95 Å². The molecule has 126 valence electrons. The number of hydrogen-bond donors (Lipinski definition) is 2. The molecular weight excluding hydrogens is 290 g/mol. The van der Waals surface area contributed by atoms with Crippen molar-refractivity contribution < 1.29 is 0 Å². The van der Waals surface area contributed by atoms with E-state index in [0.717, 1.165) is 57.6 Å². The van der Waals surface area contributed by atoms with Gasteiger partial charge in [0.05, 0.1) is 0 Å². The topological polar surface area (TPSA) is 68.7 Å². The van der Waals surface area contributed by atoms with Crippen LogP contribution in [-0.2, 0) is 0 Å². The SMILES string of the molecule is CN=C(NCCCN1CCN(c2ncccn2)CC1)NC1CC1. The minimum absolute atomic E-state index is 0.648. The number of aromatic nitrogens is 2. The Morgan fingerprint density at radius 3 is 2.61 bits per heavy atom. The van der Waals surface area contributed by atoms with E-state index < -0.39 is 0 Å². The highest BCUT2D eigenvalue weighted by molar-refractivity contribution is 5.80. The number of anilines is 1. The summed E-state index contributed by atoms with van der Waals surface area (Å²) >= 11 is 0. The van der Waals surface area contributed by atoms with Crippen molar-refractivity contribution in [3.8, 4) is 0 Å². The van der Waals surface area contributed by atoms with E-state index in [1.54, 1.807) is 0 Å². The summed E-state index contributed by atoms with van der Waals surface area (Å²) in [6.45, 7) is 6.25. The second-order valence-electron chi connectivity index (χ2n) is 6.15. The van der Waals surface area contributed by atoms with Crippen LogP contribution in [0.2, 0.25) is 0 Å². The molecule has 0 spiro atoms. The Labute approximate surface area is 138 Å². The molecule has 2 N–H and O–H groups in total. The van der Waals surface area contributed by atoms with Crippen molar-refractivity contribution in [3.05, 3.63) is 18.5 Å². The smallest absolute Gasteiger partial charge is 0.225 e. The number of aliphatic imine (C=N–C) groups is 1. The average molecular weight is 317 g/mol. The average Bonchev–Trinajstić information content (AvgIpc) is 3.43. The van der Waals surface area contributed by atoms with Gasteiger partial charge >= 0.3 is 0 Å². The van der Waals surface area contributed by atoms with Crippen LogP contribution in [0.1, 0.15) is 19.3 Å². The van der Waals surface area contributed by atoms with Gasteiger partial charge in [0.1, 0.15) is 0 Å². The third kappa shape index (κ3) is 5.06. The van der Waals surface area contributed by atoms with Crippen LogP contribution in [0.3, 0.4) is 0 Å². The molecule has 1 saturated heterocycles. The predicted octanol–water partition coefficient (Wildman–Crippen LogP) is 0.316. The molecule has 0 unspecified atom stereocenters. The molecule has 2 heterocycles. The minimum Gasteiger partial charge on any atom is -0.356 e. The fourth-order valence-corrected chi connectivity index (χ4v) is 2.75. The minimum atomic E-state index is 0.648. The zero-order chi connectivity index (χ0) is 15.9. The number of guanidine groups is 1. The molecule has 7 heteroatoms. The van der Waals surface area contributed by atoms with Crippen LogP contribution in [0.5, 0.6) is 0 Å². The molecule has 1 aliphatic heterocycles. The molecule has 0 aromatic carbocycles. The molecule has 0 radical (unpaired) electrons. The monoisotopic (exact) mass is 317 g/mol. The van der Waals surface area contributed by atoms with Crippen molar-refractivity contribution in [2.45, 2.75) is 25.3 Å². The highest BCUT2D eigenvalue weighted by atomic mass is 15.3. The van der Waals surface area contributed by atoms with Crippen LogP contribution in [0.25, 0.3) is 0 Å². The zero-order valence-corrected chi connectivity index (χ0v) is 13.9. The lowest BCUT2D eigenvalue weighted by Crippen LogP contribution is -2.47. The molecule has 2 aliphatic rings. The summed E-state index contributed by atoms with van der Waals surface area (Å²) in [6.07, 6.45) is 7.30. The third-order valence-electron chi connectivity index (χ3n) is 4.29. The standard InChI is InChI=1S/C16H27N7/c1-17-15(21-14-4-5-14)18-8-3-9-22-10-12-23(13-11-22)16-19-6-2-7-20-16/h2,6-7,14H,3-5,8-13H2,1H3,(H2,17,18,21). The van der Waals surface area contributed by atoms with Crippen molar-refractivity contribution >= 4 is 11.9 Å². The van der Waals surface area contributed by atoms with E-state index in [4.69, 9.17) is 0 Å². The highest BCUT2D eigenvalue weighted by Crippen LogP contribution is 2.18. The highest BCUT2D eigenvalue weighted by Gasteiger charge is 2.22. The van der Waals surface area contributed by atoms with Crippen molar-refractivity contribution in [1.29, 1.82) is 0 Å². The quantitative estimate of drug-likeness (QED) is 0.447. The molecule has 1 aromatic heterocycles. The van der Waals surface area contributed by atoms with E-state index in [9.17, 15) is 0 Å². The molecule has 1 aliphatic carbocycles. The van der Waals surface area contributed by atoms with Gasteiger partial charge < -0.3 is 15.5 Å². The van der Waals surface area contributed by atoms with Crippen molar-refractivity contribution in [2.75, 3.05) is 51.2 Å². The van der Waals surface area contributed by atoms with Crippen LogP contribution in [-0.4, -0.2) is 73.2 Å². The van der Waals surface area contributed by atoms with Gasteiger partial charge in [-0.05, 0) is 31.9 Å². The molecule has 7 nitrogen and oxygen atoms in total. The summed E-state index contributed by atoms with van der Waals surface area (Å²) in [5.41, 5.74) is 0. The van der Waals surface area contributed by atoms with E-state index in [0.29, 0.717) is 6.04 Å². The van der Waals surface area contributed by atoms with Gasteiger partial charge in [-0.25, -0.2) is 9.97 Å². The summed E-state index contributed by atoms with van der Waals surface area (Å²) in [4.78, 5) is 17.7. The first-order chi connectivity index (χ1) is 11.3. The van der Waals surface area contributed by atoms with E-state index in [1.165, 1.54) is 12.8 Å². The maximum absolute atomic E-state index is 4.33. The number of rotatable bonds is 6. The zero-order valence-electron chi connectivity index (χ0n) is 13.9. The molecule has 2 fully saturated rings. The fraction of sp³-hybridized carbons (Fsp3) is 0.688. The fourth-order valence-electron chi connectivity index (χ4n) is 2.75. The first-order valence-corrected chi connectivity index (χ1v) is 8.56. The molecule has 23 heavy (non-hydrogen) atoms. The molecule has 1 aromatic rings. The summed E-state index contributed by atoms with van der Waals surface area (Å²) in [5, 5.41) is 6.80. The number of nitrogens with zero attached hydrogens (tertiary/aromatic N) is 5. The first-order valence-electron chi connectivity index (χ1n) is 8.56. The van der Waals surface area contributed by atoms with Gasteiger partial charge in [-0.2, -0.15) is 0 Å². The Morgan fingerprint density at radius 2 is 1.96 bits per heavy atom. The van der Waals surface area contributed by atoms with Gasteiger partial charge in [-0.3, -0.25) is 9.89 Å². The molecular formula is C16H27N7. The third-order valence-corrected chi connectivity index (χ3v) is 4.29. The summed E-state index contributed by atoms with van der Waals surface area (Å²) in [7, 11) is 1.84. The number of nitrogens with one attached hydrogen (secondary N) is 2. The van der Waals surface area contributed by atoms with E-state index in [1.807, 2.05) is 25.5 Å². The lowest BCUT2D eigenvalue weighted by molar-refractivity contribution is 0.254. The van der Waals surface area contributed by atoms with Gasteiger partial charge in [-0.1, -0.05) is 0 Å². The maximum Gasteiger partial charge on any atom is 0.225 e. The van der Waals surface area contributed by atoms with Gasteiger partial charge in [0, 0.05) is 58.2 Å². The Morgan fingerprint density at radius 1 is 1.22 bits per heavy atom. The number of hydrogen-bond acceptors (Lipinski definition) is 5. The second-order valence-corrected chi connectivity index (χ2v) is 6.15. The lowest BCUT2D eigenvalue weighted by Gasteiger charge is -2.34. The van der Waals surface area contributed by atoms with E-state index >= 15 is 0 Å². The Hall–Kier alpha value is -1.89. The molecule has 1 saturated carbocycles. The van der Waals surface area contributed by atoms with Crippen LogP contribution in [0.15, 0.2) is 23.5 Å². The van der Waals surface area contributed by atoms with Crippen LogP contribution >= 0.6 is 0 Å². The second kappa shape index (κ2) is 8.10. The maximum atomic E-state index is 4.33. The van der Waals surface area contributed by atoms with Gasteiger partial charge in [0.25, 0.3) is 0 Å². The van der Waals surface area contributed by atoms with Gasteiger partial charge in [0.2, 0.25) is 5.95 Å². The predicted molar refractivity (Wildman–Crippen MR) is 92.8 cm³/mol. The Kier molecular flexibility index (Phi) is 5.63. The first kappa shape index (κ1) is 16.0. The lowest BCUT2D eigenvalue weighted by atomic mass is 10.3. The Balaban J connectivity index is 1.30. The molecule has 0 amide bonds. The molecule has 0 bridgehead atoms. The van der Waals surface area contributed by atoms with Crippen molar-refractivity contribution in [2.24, 2.45) is 4.99 Å². The van der Waals surface area contributed by atoms with E-state index in [2.05, 4.69) is 35.4 Å². The molecule has 3 rings (SSSR count). The summed E-state index contributed by atoms with van der Waals surface area (Å²) < 4.78 is 0. The van der Waals surface area contributed by atoms with Gasteiger partial charge in [-0.15, -0.1) is 0 Å². The normalized spacial score (nSPS) is 19.7. The van der Waals surface area contributed by atoms with Crippen LogP contribution < -0.4 is 15.5 Å². The van der Waals surface area contributed by atoms with Crippen molar-refractivity contribution in [3.63, 3.8) is 0 Å². The van der Waals surface area contributed by atoms with Gasteiger partial charge in [0.15, 0.2) is 5.96 Å². The number of piperazine rings is 1. The summed E-state index contributed by atoms with van der Waals surface area (Å²) in [6, 6.07) is 2.51.